The first kappa shape index (κ1) is 15.0. The van der Waals surface area contributed by atoms with Crippen LogP contribution in [-0.2, 0) is 15.3 Å². The zero-order chi connectivity index (χ0) is 14.9. The van der Waals surface area contributed by atoms with E-state index in [0.717, 1.165) is 16.1 Å². The van der Waals surface area contributed by atoms with Gasteiger partial charge in [0.2, 0.25) is 5.79 Å². The summed E-state index contributed by atoms with van der Waals surface area (Å²) in [6.45, 7) is 2.60. The lowest BCUT2D eigenvalue weighted by Crippen LogP contribution is -2.29. The molecule has 1 heterocycles. The van der Waals surface area contributed by atoms with Gasteiger partial charge in [-0.15, -0.1) is 0 Å². The van der Waals surface area contributed by atoms with Crippen LogP contribution in [0.25, 0.3) is 0 Å². The average molecular weight is 368 g/mol. The first-order chi connectivity index (χ1) is 10.1. The van der Waals surface area contributed by atoms with E-state index in [1.807, 2.05) is 24.3 Å². The third-order valence-corrected chi connectivity index (χ3v) is 4.70. The van der Waals surface area contributed by atoms with Gasteiger partial charge in [0.15, 0.2) is 0 Å². The van der Waals surface area contributed by atoms with E-state index < -0.39 is 5.79 Å². The molecule has 0 spiro atoms. The molecule has 0 amide bonds. The molecule has 21 heavy (non-hydrogen) atoms. The Bertz CT molecular complexity index is 612. The molecular formula is C17H16BrClO2. The largest absolute Gasteiger partial charge is 0.342 e. The summed E-state index contributed by atoms with van der Waals surface area (Å²) in [6.07, 6.45) is -0.0823. The molecule has 2 atom stereocenters. The van der Waals surface area contributed by atoms with Crippen LogP contribution in [0.3, 0.4) is 0 Å². The summed E-state index contributed by atoms with van der Waals surface area (Å²) >= 11 is 9.46. The standard InChI is InChI=1S/C17H16BrClO2/c1-12-2-6-14(7-3-12)17(11-18)20-10-16(21-17)13-4-8-15(19)9-5-13/h2-9,16H,10-11H2,1H3/t16-,17-/m1/s1. The maximum atomic E-state index is 6.24. The predicted molar refractivity (Wildman–Crippen MR) is 87.9 cm³/mol. The monoisotopic (exact) mass is 366 g/mol. The van der Waals surface area contributed by atoms with Crippen molar-refractivity contribution in [2.45, 2.75) is 18.8 Å². The Kier molecular flexibility index (Phi) is 4.36. The molecule has 2 nitrogen and oxygen atoms in total. The fourth-order valence-electron chi connectivity index (χ4n) is 2.46. The van der Waals surface area contributed by atoms with Gasteiger partial charge < -0.3 is 9.47 Å². The topological polar surface area (TPSA) is 18.5 Å². The highest BCUT2D eigenvalue weighted by Crippen LogP contribution is 2.41. The molecule has 1 aliphatic rings. The number of rotatable bonds is 3. The first-order valence-electron chi connectivity index (χ1n) is 6.83. The van der Waals surface area contributed by atoms with E-state index in [9.17, 15) is 0 Å². The molecule has 0 bridgehead atoms. The number of hydrogen-bond donors (Lipinski definition) is 0. The maximum Gasteiger partial charge on any atom is 0.205 e. The van der Waals surface area contributed by atoms with Gasteiger partial charge in [0.05, 0.1) is 11.9 Å². The van der Waals surface area contributed by atoms with Crippen LogP contribution in [0, 0.1) is 6.92 Å². The highest BCUT2D eigenvalue weighted by molar-refractivity contribution is 9.09. The molecule has 1 aliphatic heterocycles. The smallest absolute Gasteiger partial charge is 0.205 e. The van der Waals surface area contributed by atoms with Crippen molar-refractivity contribution >= 4 is 27.5 Å². The van der Waals surface area contributed by atoms with Crippen molar-refractivity contribution in [2.24, 2.45) is 0 Å². The number of benzene rings is 2. The molecule has 0 unspecified atom stereocenters. The summed E-state index contributed by atoms with van der Waals surface area (Å²) in [5, 5.41) is 1.32. The molecule has 0 radical (unpaired) electrons. The highest BCUT2D eigenvalue weighted by Gasteiger charge is 2.42. The Balaban J connectivity index is 1.85. The van der Waals surface area contributed by atoms with Crippen molar-refractivity contribution < 1.29 is 9.47 Å². The van der Waals surface area contributed by atoms with E-state index in [1.54, 1.807) is 0 Å². The lowest BCUT2D eigenvalue weighted by atomic mass is 10.1. The van der Waals surface area contributed by atoms with E-state index in [1.165, 1.54) is 5.56 Å². The van der Waals surface area contributed by atoms with E-state index >= 15 is 0 Å². The van der Waals surface area contributed by atoms with Gasteiger partial charge in [0.1, 0.15) is 6.10 Å². The zero-order valence-corrected chi connectivity index (χ0v) is 14.0. The van der Waals surface area contributed by atoms with Crippen LogP contribution in [0.2, 0.25) is 5.02 Å². The van der Waals surface area contributed by atoms with E-state index in [-0.39, 0.29) is 6.10 Å². The van der Waals surface area contributed by atoms with Crippen LogP contribution in [0.1, 0.15) is 22.8 Å². The van der Waals surface area contributed by atoms with Crippen LogP contribution in [0.5, 0.6) is 0 Å². The Morgan fingerprint density at radius 2 is 1.81 bits per heavy atom. The molecule has 0 N–H and O–H groups in total. The SMILES string of the molecule is Cc1ccc([C@]2(CBr)OC[C@H](c3ccc(Cl)cc3)O2)cc1. The maximum absolute atomic E-state index is 6.24. The van der Waals surface area contributed by atoms with Crippen molar-refractivity contribution in [3.05, 3.63) is 70.2 Å². The minimum absolute atomic E-state index is 0.0823. The summed E-state index contributed by atoms with van der Waals surface area (Å²) in [5.41, 5.74) is 3.33. The molecule has 0 saturated carbocycles. The molecule has 1 fully saturated rings. The average Bonchev–Trinajstić information content (AvgIpc) is 2.94. The van der Waals surface area contributed by atoms with E-state index in [4.69, 9.17) is 21.1 Å². The Labute approximate surface area is 138 Å². The Morgan fingerprint density at radius 1 is 1.14 bits per heavy atom. The number of ether oxygens (including phenoxy) is 2. The van der Waals surface area contributed by atoms with Gasteiger partial charge in [-0.25, -0.2) is 0 Å². The van der Waals surface area contributed by atoms with Crippen molar-refractivity contribution in [1.29, 1.82) is 0 Å². The molecule has 110 valence electrons. The van der Waals surface area contributed by atoms with Crippen LogP contribution in [0.15, 0.2) is 48.5 Å². The van der Waals surface area contributed by atoms with Crippen molar-refractivity contribution in [2.75, 3.05) is 11.9 Å². The second-order valence-electron chi connectivity index (χ2n) is 5.22. The Morgan fingerprint density at radius 3 is 2.43 bits per heavy atom. The highest BCUT2D eigenvalue weighted by atomic mass is 79.9. The summed E-state index contributed by atoms with van der Waals surface area (Å²) in [7, 11) is 0. The molecule has 3 rings (SSSR count). The minimum Gasteiger partial charge on any atom is -0.342 e. The summed E-state index contributed by atoms with van der Waals surface area (Å²) in [4.78, 5) is 0. The van der Waals surface area contributed by atoms with Gasteiger partial charge in [-0.1, -0.05) is 69.5 Å². The normalized spacial score (nSPS) is 25.2. The minimum atomic E-state index is -0.724. The number of alkyl halides is 1. The number of hydrogen-bond acceptors (Lipinski definition) is 2. The van der Waals surface area contributed by atoms with E-state index in [2.05, 4.69) is 47.1 Å². The quantitative estimate of drug-likeness (QED) is 0.712. The second kappa shape index (κ2) is 6.09. The number of halogens is 2. The van der Waals surface area contributed by atoms with Gasteiger partial charge in [-0.3, -0.25) is 0 Å². The Hall–Kier alpha value is -0.870. The lowest BCUT2D eigenvalue weighted by molar-refractivity contribution is -0.157. The van der Waals surface area contributed by atoms with E-state index in [0.29, 0.717) is 11.9 Å². The van der Waals surface area contributed by atoms with Crippen LogP contribution >= 0.6 is 27.5 Å². The second-order valence-corrected chi connectivity index (χ2v) is 6.22. The summed E-state index contributed by atoms with van der Waals surface area (Å²) in [5.74, 6) is -0.724. The third-order valence-electron chi connectivity index (χ3n) is 3.71. The van der Waals surface area contributed by atoms with Gasteiger partial charge >= 0.3 is 0 Å². The van der Waals surface area contributed by atoms with Crippen LogP contribution in [-0.4, -0.2) is 11.9 Å². The van der Waals surface area contributed by atoms with Crippen molar-refractivity contribution in [3.8, 4) is 0 Å². The number of aryl methyl sites for hydroxylation is 1. The predicted octanol–water partition coefficient (Wildman–Crippen LogP) is 4.98. The third kappa shape index (κ3) is 3.02. The fourth-order valence-corrected chi connectivity index (χ4v) is 3.20. The summed E-state index contributed by atoms with van der Waals surface area (Å²) in [6, 6.07) is 16.0. The summed E-state index contributed by atoms with van der Waals surface area (Å²) < 4.78 is 12.2. The van der Waals surface area contributed by atoms with Gasteiger partial charge in [-0.05, 0) is 24.6 Å². The molecule has 0 aliphatic carbocycles. The molecule has 2 aromatic carbocycles. The van der Waals surface area contributed by atoms with Gasteiger partial charge in [0, 0.05) is 10.6 Å². The van der Waals surface area contributed by atoms with Crippen LogP contribution < -0.4 is 0 Å². The first-order valence-corrected chi connectivity index (χ1v) is 8.33. The molecule has 1 saturated heterocycles. The van der Waals surface area contributed by atoms with Gasteiger partial charge in [-0.2, -0.15) is 0 Å². The van der Waals surface area contributed by atoms with Crippen molar-refractivity contribution in [1.82, 2.24) is 0 Å². The lowest BCUT2D eigenvalue weighted by Gasteiger charge is -2.26. The molecular weight excluding hydrogens is 352 g/mol. The van der Waals surface area contributed by atoms with Crippen LogP contribution in [0.4, 0.5) is 0 Å². The molecule has 0 aromatic heterocycles. The zero-order valence-electron chi connectivity index (χ0n) is 11.7. The van der Waals surface area contributed by atoms with Gasteiger partial charge in [0.25, 0.3) is 0 Å². The molecule has 4 heteroatoms. The fraction of sp³-hybridized carbons (Fsp3) is 0.294. The molecule has 2 aromatic rings. The van der Waals surface area contributed by atoms with Crippen molar-refractivity contribution in [3.63, 3.8) is 0 Å².